The zero-order chi connectivity index (χ0) is 19.5. The van der Waals surface area contributed by atoms with Gasteiger partial charge in [0.05, 0.1) is 18.9 Å². The number of amides is 1. The number of carbonyl (C=O) groups excluding carboxylic acids is 1. The van der Waals surface area contributed by atoms with Crippen LogP contribution in [0.25, 0.3) is 0 Å². The predicted octanol–water partition coefficient (Wildman–Crippen LogP) is 4.90. The molecule has 0 aliphatic carbocycles. The molecule has 0 bridgehead atoms. The third-order valence-corrected chi connectivity index (χ3v) is 5.25. The fourth-order valence-corrected chi connectivity index (χ4v) is 3.73. The van der Waals surface area contributed by atoms with Crippen LogP contribution in [0.15, 0.2) is 59.1 Å². The Hall–Kier alpha value is -2.79. The summed E-state index contributed by atoms with van der Waals surface area (Å²) in [5.41, 5.74) is 1.66. The summed E-state index contributed by atoms with van der Waals surface area (Å²) in [4.78, 5) is 19.4. The van der Waals surface area contributed by atoms with Crippen LogP contribution in [0.1, 0.15) is 46.5 Å². The molecule has 1 aliphatic heterocycles. The van der Waals surface area contributed by atoms with E-state index in [-0.39, 0.29) is 11.9 Å². The summed E-state index contributed by atoms with van der Waals surface area (Å²) < 4.78 is 11.4. The van der Waals surface area contributed by atoms with Crippen LogP contribution in [0.4, 0.5) is 0 Å². The maximum absolute atomic E-state index is 13.1. The predicted molar refractivity (Wildman–Crippen MR) is 107 cm³/mol. The number of para-hydroxylation sites is 1. The maximum atomic E-state index is 13.1. The lowest BCUT2D eigenvalue weighted by Crippen LogP contribution is -2.31. The summed E-state index contributed by atoms with van der Waals surface area (Å²) in [6.07, 6.45) is 4.13. The third kappa shape index (κ3) is 3.76. The van der Waals surface area contributed by atoms with E-state index in [2.05, 4.69) is 4.98 Å². The number of benzene rings is 2. The van der Waals surface area contributed by atoms with Crippen LogP contribution in [-0.4, -0.2) is 29.4 Å². The first-order valence-electron chi connectivity index (χ1n) is 9.28. The van der Waals surface area contributed by atoms with Crippen molar-refractivity contribution in [2.75, 3.05) is 13.7 Å². The number of oxazole rings is 1. The molecule has 1 aliphatic rings. The molecule has 0 unspecified atom stereocenters. The summed E-state index contributed by atoms with van der Waals surface area (Å²) in [6.45, 7) is 0.677. The van der Waals surface area contributed by atoms with Gasteiger partial charge in [0, 0.05) is 18.0 Å². The first-order chi connectivity index (χ1) is 13.7. The van der Waals surface area contributed by atoms with Gasteiger partial charge in [-0.25, -0.2) is 4.98 Å². The Bertz CT molecular complexity index is 968. The van der Waals surface area contributed by atoms with Crippen molar-refractivity contribution in [2.45, 2.75) is 25.3 Å². The highest BCUT2D eigenvalue weighted by Gasteiger charge is 2.34. The van der Waals surface area contributed by atoms with Gasteiger partial charge < -0.3 is 14.1 Å². The summed E-state index contributed by atoms with van der Waals surface area (Å²) >= 11 is 5.94. The summed E-state index contributed by atoms with van der Waals surface area (Å²) in [7, 11) is 1.57. The second-order valence-corrected chi connectivity index (χ2v) is 7.26. The molecule has 2 heterocycles. The number of nitrogens with zero attached hydrogens (tertiary/aromatic N) is 2. The number of halogens is 1. The van der Waals surface area contributed by atoms with Crippen LogP contribution in [0.5, 0.6) is 5.75 Å². The van der Waals surface area contributed by atoms with Gasteiger partial charge in [-0.2, -0.15) is 0 Å². The monoisotopic (exact) mass is 396 g/mol. The molecule has 0 spiro atoms. The summed E-state index contributed by atoms with van der Waals surface area (Å²) in [5, 5.41) is 0.707. The normalized spacial score (nSPS) is 16.4. The second-order valence-electron chi connectivity index (χ2n) is 6.82. The van der Waals surface area contributed by atoms with Crippen LogP contribution in [0, 0.1) is 0 Å². The van der Waals surface area contributed by atoms with E-state index in [4.69, 9.17) is 20.8 Å². The fourth-order valence-electron chi connectivity index (χ4n) is 3.60. The quantitative estimate of drug-likeness (QED) is 0.615. The topological polar surface area (TPSA) is 55.6 Å². The average Bonchev–Trinajstić information content (AvgIpc) is 3.38. The first kappa shape index (κ1) is 18.6. The van der Waals surface area contributed by atoms with Crippen LogP contribution in [0.3, 0.4) is 0 Å². The van der Waals surface area contributed by atoms with Crippen molar-refractivity contribution in [3.05, 3.63) is 82.5 Å². The van der Waals surface area contributed by atoms with Crippen LogP contribution in [-0.2, 0) is 6.42 Å². The average molecular weight is 397 g/mol. The molecule has 1 aromatic heterocycles. The molecule has 1 atom stereocenters. The third-order valence-electron chi connectivity index (χ3n) is 5.00. The number of ether oxygens (including phenoxy) is 1. The van der Waals surface area contributed by atoms with Gasteiger partial charge in [0.2, 0.25) is 5.89 Å². The van der Waals surface area contributed by atoms with Crippen molar-refractivity contribution in [1.82, 2.24) is 9.88 Å². The second kappa shape index (κ2) is 8.07. The lowest BCUT2D eigenvalue weighted by Gasteiger charge is -2.23. The number of carbonyl (C=O) groups is 1. The molecule has 2 aromatic carbocycles. The van der Waals surface area contributed by atoms with E-state index < -0.39 is 0 Å². The Morgan fingerprint density at radius 3 is 2.82 bits per heavy atom. The van der Waals surface area contributed by atoms with Crippen molar-refractivity contribution in [2.24, 2.45) is 0 Å². The zero-order valence-electron chi connectivity index (χ0n) is 15.6. The van der Waals surface area contributed by atoms with Crippen molar-refractivity contribution < 1.29 is 13.9 Å². The highest BCUT2D eigenvalue weighted by atomic mass is 35.5. The van der Waals surface area contributed by atoms with E-state index in [1.807, 2.05) is 41.3 Å². The van der Waals surface area contributed by atoms with Gasteiger partial charge >= 0.3 is 0 Å². The largest absolute Gasteiger partial charge is 0.496 e. The summed E-state index contributed by atoms with van der Waals surface area (Å²) in [5.74, 6) is 1.88. The van der Waals surface area contributed by atoms with E-state index in [0.29, 0.717) is 35.2 Å². The minimum Gasteiger partial charge on any atom is -0.496 e. The van der Waals surface area contributed by atoms with Gasteiger partial charge in [-0.15, -0.1) is 0 Å². The number of hydrogen-bond acceptors (Lipinski definition) is 4. The van der Waals surface area contributed by atoms with Gasteiger partial charge in [-0.1, -0.05) is 35.9 Å². The van der Waals surface area contributed by atoms with Crippen LogP contribution in [0.2, 0.25) is 5.02 Å². The number of aromatic nitrogens is 1. The molecule has 0 radical (unpaired) electrons. The molecule has 1 amide bonds. The molecule has 0 N–H and O–H groups in total. The number of likely N-dealkylation sites (tertiary alicyclic amines) is 1. The van der Waals surface area contributed by atoms with Crippen molar-refractivity contribution in [1.29, 1.82) is 0 Å². The van der Waals surface area contributed by atoms with Gasteiger partial charge in [-0.05, 0) is 42.7 Å². The lowest BCUT2D eigenvalue weighted by molar-refractivity contribution is 0.0711. The van der Waals surface area contributed by atoms with Gasteiger partial charge in [0.15, 0.2) is 0 Å². The molecule has 0 saturated carbocycles. The molecule has 1 saturated heterocycles. The Labute approximate surface area is 168 Å². The fraction of sp³-hybridized carbons (Fsp3) is 0.273. The molecule has 1 fully saturated rings. The molecule has 4 rings (SSSR count). The van der Waals surface area contributed by atoms with Gasteiger partial charge in [0.1, 0.15) is 17.6 Å². The Balaban J connectivity index is 1.53. The van der Waals surface area contributed by atoms with E-state index >= 15 is 0 Å². The standard InChI is InChI=1S/C22H21ClN2O3/c1-27-20-7-3-2-5-18(20)22(26)25-12-4-6-19(25)21-24-14-17(28-21)13-15-8-10-16(23)11-9-15/h2-3,5,7-11,14,19H,4,6,12-13H2,1H3/t19-/m1/s1. The Kier molecular flexibility index (Phi) is 5.35. The molecule has 6 heteroatoms. The smallest absolute Gasteiger partial charge is 0.258 e. The molecule has 28 heavy (non-hydrogen) atoms. The number of hydrogen-bond donors (Lipinski definition) is 0. The minimum absolute atomic E-state index is 0.0580. The highest BCUT2D eigenvalue weighted by molar-refractivity contribution is 6.30. The van der Waals surface area contributed by atoms with E-state index in [1.54, 1.807) is 25.4 Å². The summed E-state index contributed by atoms with van der Waals surface area (Å²) in [6, 6.07) is 14.8. The highest BCUT2D eigenvalue weighted by Crippen LogP contribution is 2.34. The molecule has 3 aromatic rings. The number of rotatable bonds is 5. The Morgan fingerprint density at radius 2 is 2.04 bits per heavy atom. The van der Waals surface area contributed by atoms with Crippen molar-refractivity contribution in [3.63, 3.8) is 0 Å². The number of methoxy groups -OCH3 is 1. The van der Waals surface area contributed by atoms with Gasteiger partial charge in [-0.3, -0.25) is 4.79 Å². The van der Waals surface area contributed by atoms with E-state index in [1.165, 1.54) is 0 Å². The molecule has 144 valence electrons. The maximum Gasteiger partial charge on any atom is 0.258 e. The molecule has 5 nitrogen and oxygen atoms in total. The van der Waals surface area contributed by atoms with Crippen LogP contribution < -0.4 is 4.74 Å². The Morgan fingerprint density at radius 1 is 1.25 bits per heavy atom. The molecular weight excluding hydrogens is 376 g/mol. The SMILES string of the molecule is COc1ccccc1C(=O)N1CCC[C@@H]1c1ncc(Cc2ccc(Cl)cc2)o1. The first-order valence-corrected chi connectivity index (χ1v) is 9.66. The molecular formula is C22H21ClN2O3. The zero-order valence-corrected chi connectivity index (χ0v) is 16.4. The lowest BCUT2D eigenvalue weighted by atomic mass is 10.1. The van der Waals surface area contributed by atoms with E-state index in [0.717, 1.165) is 24.2 Å². The minimum atomic E-state index is -0.156. The van der Waals surface area contributed by atoms with Crippen LogP contribution >= 0.6 is 11.6 Å². The van der Waals surface area contributed by atoms with Crippen molar-refractivity contribution >= 4 is 17.5 Å². The van der Waals surface area contributed by atoms with E-state index in [9.17, 15) is 4.79 Å². The van der Waals surface area contributed by atoms with Crippen molar-refractivity contribution in [3.8, 4) is 5.75 Å². The van der Waals surface area contributed by atoms with Gasteiger partial charge in [0.25, 0.3) is 5.91 Å².